The number of hydrogen-bond donors (Lipinski definition) is 3. The van der Waals surface area contributed by atoms with Crippen LogP contribution in [0.4, 0.5) is 0 Å². The molecule has 0 aromatic rings. The highest BCUT2D eigenvalue weighted by atomic mass is 127. The highest BCUT2D eigenvalue weighted by Gasteiger charge is 2.14. The van der Waals surface area contributed by atoms with Crippen molar-refractivity contribution in [1.82, 2.24) is 10.6 Å². The fourth-order valence-electron chi connectivity index (χ4n) is 2.23. The van der Waals surface area contributed by atoms with Gasteiger partial charge in [-0.25, -0.2) is 0 Å². The molecule has 0 radical (unpaired) electrons. The maximum atomic E-state index is 11.4. The molecule has 0 saturated heterocycles. The predicted molar refractivity (Wildman–Crippen MR) is 105 cm³/mol. The van der Waals surface area contributed by atoms with Crippen LogP contribution >= 0.6 is 24.0 Å². The molecule has 6 nitrogen and oxygen atoms in total. The van der Waals surface area contributed by atoms with Gasteiger partial charge in [0.2, 0.25) is 0 Å². The van der Waals surface area contributed by atoms with Gasteiger partial charge in [-0.3, -0.25) is 9.79 Å². The van der Waals surface area contributed by atoms with Crippen molar-refractivity contribution >= 4 is 35.9 Å². The second-order valence-corrected chi connectivity index (χ2v) is 6.03. The van der Waals surface area contributed by atoms with Gasteiger partial charge in [0.15, 0.2) is 5.96 Å². The van der Waals surface area contributed by atoms with Crippen LogP contribution in [0, 0.1) is 17.8 Å². The normalized spacial score (nSPS) is 14.0. The van der Waals surface area contributed by atoms with Crippen molar-refractivity contribution in [3.8, 4) is 0 Å². The average molecular weight is 443 g/mol. The van der Waals surface area contributed by atoms with Gasteiger partial charge in [0.25, 0.3) is 0 Å². The van der Waals surface area contributed by atoms with Crippen LogP contribution in [-0.4, -0.2) is 50.4 Å². The smallest absolute Gasteiger partial charge is 0.310 e. The monoisotopic (exact) mass is 443 g/mol. The van der Waals surface area contributed by atoms with Crippen LogP contribution in [0.15, 0.2) is 4.99 Å². The number of nitrogens with one attached hydrogen (secondary N) is 2. The molecule has 3 N–H and O–H groups in total. The number of carbonyl (C=O) groups is 1. The third-order valence-electron chi connectivity index (χ3n) is 3.37. The number of carbonyl (C=O) groups excluding carboxylic acids is 1. The van der Waals surface area contributed by atoms with Gasteiger partial charge in [-0.1, -0.05) is 20.8 Å². The Labute approximate surface area is 157 Å². The third kappa shape index (κ3) is 12.5. The first-order valence-corrected chi connectivity index (χ1v) is 8.15. The Morgan fingerprint density at radius 1 is 1.26 bits per heavy atom. The van der Waals surface area contributed by atoms with E-state index < -0.39 is 0 Å². The molecule has 0 rings (SSSR count). The Kier molecular flexibility index (Phi) is 16.1. The fourth-order valence-corrected chi connectivity index (χ4v) is 2.23. The molecule has 0 bridgehead atoms. The molecule has 138 valence electrons. The lowest BCUT2D eigenvalue weighted by Crippen LogP contribution is -2.41. The van der Waals surface area contributed by atoms with Gasteiger partial charge in [-0.15, -0.1) is 24.0 Å². The minimum absolute atomic E-state index is 0. The Bertz CT molecular complexity index is 339. The van der Waals surface area contributed by atoms with Gasteiger partial charge in [-0.2, -0.15) is 0 Å². The highest BCUT2D eigenvalue weighted by Crippen LogP contribution is 2.15. The van der Waals surface area contributed by atoms with E-state index in [9.17, 15) is 4.79 Å². The van der Waals surface area contributed by atoms with Crippen LogP contribution in [0.1, 0.15) is 40.5 Å². The molecule has 0 spiro atoms. The zero-order valence-corrected chi connectivity index (χ0v) is 17.4. The number of aliphatic hydroxyl groups excluding tert-OH is 1. The van der Waals surface area contributed by atoms with Crippen LogP contribution < -0.4 is 10.6 Å². The van der Waals surface area contributed by atoms with Crippen molar-refractivity contribution in [3.63, 3.8) is 0 Å². The maximum absolute atomic E-state index is 11.4. The van der Waals surface area contributed by atoms with E-state index in [-0.39, 0.29) is 42.5 Å². The first-order chi connectivity index (χ1) is 10.4. The fraction of sp³-hybridized carbons (Fsp3) is 0.875. The summed E-state index contributed by atoms with van der Waals surface area (Å²) >= 11 is 0. The van der Waals surface area contributed by atoms with Gasteiger partial charge < -0.3 is 20.5 Å². The molecular weight excluding hydrogens is 409 g/mol. The highest BCUT2D eigenvalue weighted by molar-refractivity contribution is 14.0. The predicted octanol–water partition coefficient (Wildman–Crippen LogP) is 2.01. The lowest BCUT2D eigenvalue weighted by Gasteiger charge is -2.18. The molecule has 0 fully saturated rings. The molecule has 0 heterocycles. The molecule has 0 amide bonds. The number of esters is 1. The standard InChI is InChI=1S/C16H33N3O3.HI/c1-6-17-16(18-10-13(4)15(21)22-5)19-11-14(7-8-20)9-12(2)3;/h12-14,20H,6-11H2,1-5H3,(H2,17,18,19);1H. The summed E-state index contributed by atoms with van der Waals surface area (Å²) in [5.74, 6) is 1.20. The number of rotatable bonds is 10. The summed E-state index contributed by atoms with van der Waals surface area (Å²) < 4.78 is 4.71. The van der Waals surface area contributed by atoms with E-state index in [4.69, 9.17) is 9.84 Å². The quantitative estimate of drug-likeness (QED) is 0.208. The molecule has 7 heteroatoms. The van der Waals surface area contributed by atoms with Crippen LogP contribution in [0.5, 0.6) is 0 Å². The van der Waals surface area contributed by atoms with Gasteiger partial charge in [0, 0.05) is 26.2 Å². The zero-order valence-electron chi connectivity index (χ0n) is 15.1. The summed E-state index contributed by atoms with van der Waals surface area (Å²) in [7, 11) is 1.39. The lowest BCUT2D eigenvalue weighted by atomic mass is 9.94. The van der Waals surface area contributed by atoms with Crippen molar-refractivity contribution in [3.05, 3.63) is 0 Å². The van der Waals surface area contributed by atoms with E-state index >= 15 is 0 Å². The van der Waals surface area contributed by atoms with E-state index in [1.54, 1.807) is 0 Å². The largest absolute Gasteiger partial charge is 0.469 e. The molecule has 0 aromatic heterocycles. The number of aliphatic hydroxyl groups is 1. The molecule has 0 aliphatic rings. The lowest BCUT2D eigenvalue weighted by molar-refractivity contribution is -0.144. The Balaban J connectivity index is 0. The van der Waals surface area contributed by atoms with Gasteiger partial charge in [0.05, 0.1) is 13.0 Å². The topological polar surface area (TPSA) is 83.0 Å². The first kappa shape index (κ1) is 24.7. The van der Waals surface area contributed by atoms with E-state index in [0.717, 1.165) is 19.4 Å². The number of guanidine groups is 1. The van der Waals surface area contributed by atoms with Crippen LogP contribution in [-0.2, 0) is 9.53 Å². The molecule has 0 aliphatic carbocycles. The second-order valence-electron chi connectivity index (χ2n) is 6.03. The number of ether oxygens (including phenoxy) is 1. The summed E-state index contributed by atoms with van der Waals surface area (Å²) in [6, 6.07) is 0. The Morgan fingerprint density at radius 3 is 2.39 bits per heavy atom. The third-order valence-corrected chi connectivity index (χ3v) is 3.37. The molecular formula is C16H34IN3O3. The van der Waals surface area contributed by atoms with Crippen LogP contribution in [0.25, 0.3) is 0 Å². The number of aliphatic imine (C=N–C) groups is 1. The van der Waals surface area contributed by atoms with Crippen molar-refractivity contribution in [1.29, 1.82) is 0 Å². The zero-order chi connectivity index (χ0) is 17.0. The van der Waals surface area contributed by atoms with E-state index in [0.29, 0.717) is 30.9 Å². The molecule has 0 aliphatic heterocycles. The summed E-state index contributed by atoms with van der Waals surface area (Å²) in [6.07, 6.45) is 1.81. The molecule has 0 saturated carbocycles. The van der Waals surface area contributed by atoms with Crippen molar-refractivity contribution in [2.45, 2.75) is 40.5 Å². The number of nitrogens with zero attached hydrogens (tertiary/aromatic N) is 1. The molecule has 23 heavy (non-hydrogen) atoms. The van der Waals surface area contributed by atoms with Crippen molar-refractivity contribution < 1.29 is 14.6 Å². The molecule has 0 aromatic carbocycles. The summed E-state index contributed by atoms with van der Waals surface area (Å²) in [5, 5.41) is 15.5. The SMILES string of the molecule is CCNC(=NCC(CCO)CC(C)C)NCC(C)C(=O)OC.I. The number of hydrogen-bond acceptors (Lipinski definition) is 4. The van der Waals surface area contributed by atoms with E-state index in [1.807, 2.05) is 13.8 Å². The van der Waals surface area contributed by atoms with Crippen LogP contribution in [0.3, 0.4) is 0 Å². The average Bonchev–Trinajstić information content (AvgIpc) is 2.48. The van der Waals surface area contributed by atoms with Crippen molar-refractivity contribution in [2.24, 2.45) is 22.7 Å². The Morgan fingerprint density at radius 2 is 1.91 bits per heavy atom. The first-order valence-electron chi connectivity index (χ1n) is 8.15. The minimum atomic E-state index is -0.235. The minimum Gasteiger partial charge on any atom is -0.469 e. The van der Waals surface area contributed by atoms with Gasteiger partial charge in [-0.05, 0) is 31.6 Å². The summed E-state index contributed by atoms with van der Waals surface area (Å²) in [5.41, 5.74) is 0. The maximum Gasteiger partial charge on any atom is 0.310 e. The molecule has 2 atom stereocenters. The second kappa shape index (κ2) is 15.0. The summed E-state index contributed by atoms with van der Waals surface area (Å²) in [6.45, 7) is 10.3. The number of methoxy groups -OCH3 is 1. The number of halogens is 1. The van der Waals surface area contributed by atoms with Gasteiger partial charge >= 0.3 is 5.97 Å². The van der Waals surface area contributed by atoms with E-state index in [1.165, 1.54) is 7.11 Å². The van der Waals surface area contributed by atoms with Crippen molar-refractivity contribution in [2.75, 3.05) is 33.4 Å². The van der Waals surface area contributed by atoms with Gasteiger partial charge in [0.1, 0.15) is 0 Å². The summed E-state index contributed by atoms with van der Waals surface area (Å²) in [4.78, 5) is 16.0. The van der Waals surface area contributed by atoms with Crippen LogP contribution in [0.2, 0.25) is 0 Å². The Hall–Kier alpha value is -0.570. The van der Waals surface area contributed by atoms with E-state index in [2.05, 4.69) is 29.5 Å². The molecule has 2 unspecified atom stereocenters.